The molecule has 0 radical (unpaired) electrons. The number of benzene rings is 1. The number of carbonyl (C=O) groups excluding carboxylic acids is 3. The predicted octanol–water partition coefficient (Wildman–Crippen LogP) is 4.90. The van der Waals surface area contributed by atoms with E-state index in [4.69, 9.17) is 21.7 Å². The summed E-state index contributed by atoms with van der Waals surface area (Å²) in [6, 6.07) is 7.09. The molecule has 0 bridgehead atoms. The fraction of sp³-hybridized carbons (Fsp3) is 0.360. The third-order valence-electron chi connectivity index (χ3n) is 5.78. The largest absolute Gasteiger partial charge is 0.484 e. The van der Waals surface area contributed by atoms with E-state index < -0.39 is 5.97 Å². The summed E-state index contributed by atoms with van der Waals surface area (Å²) in [5.74, 6) is 0.197. The van der Waals surface area contributed by atoms with Crippen LogP contribution in [0.3, 0.4) is 0 Å². The standard InChI is InChI=1S/C25H26N2O5S3/c1-4-31-24(30)21-17-10-5-14(2)11-18(17)34-22(21)26-20(28)13-32-16-8-6-15(7-9-16)12-19-23(29)27(3)25(33)35-19/h6-9,12,14H,4-5,10-11,13H2,1-3H3,(H,26,28)/b19-12-. The number of hydrogen-bond donors (Lipinski definition) is 1. The molecule has 4 rings (SSSR count). The molecule has 2 amide bonds. The van der Waals surface area contributed by atoms with E-state index >= 15 is 0 Å². The number of hydrogen-bond acceptors (Lipinski definition) is 8. The first kappa shape index (κ1) is 25.4. The Labute approximate surface area is 217 Å². The zero-order chi connectivity index (χ0) is 25.1. The van der Waals surface area contributed by atoms with Crippen LogP contribution in [0.4, 0.5) is 5.00 Å². The van der Waals surface area contributed by atoms with Crippen LogP contribution in [0.25, 0.3) is 6.08 Å². The molecule has 1 aliphatic heterocycles. The Balaban J connectivity index is 1.39. The molecule has 2 heterocycles. The van der Waals surface area contributed by atoms with Crippen molar-refractivity contribution >= 4 is 68.5 Å². The topological polar surface area (TPSA) is 84.9 Å². The lowest BCUT2D eigenvalue weighted by atomic mass is 9.88. The second-order valence-corrected chi connectivity index (χ2v) is 11.2. The Morgan fingerprint density at radius 2 is 2.03 bits per heavy atom. The first-order valence-electron chi connectivity index (χ1n) is 11.3. The molecule has 1 atom stereocenters. The maximum Gasteiger partial charge on any atom is 0.341 e. The maximum atomic E-state index is 12.6. The van der Waals surface area contributed by atoms with Crippen molar-refractivity contribution in [3.8, 4) is 5.75 Å². The van der Waals surface area contributed by atoms with Gasteiger partial charge in [0.25, 0.3) is 11.8 Å². The van der Waals surface area contributed by atoms with Crippen molar-refractivity contribution in [1.82, 2.24) is 4.90 Å². The number of thiocarbonyl (C=S) groups is 1. The molecule has 1 saturated heterocycles. The van der Waals surface area contributed by atoms with Crippen LogP contribution in [0, 0.1) is 5.92 Å². The Bertz CT molecular complexity index is 1200. The Morgan fingerprint density at radius 1 is 1.29 bits per heavy atom. The Kier molecular flexibility index (Phi) is 7.93. The molecular weight excluding hydrogens is 504 g/mol. The lowest BCUT2D eigenvalue weighted by Crippen LogP contribution is -2.22. The summed E-state index contributed by atoms with van der Waals surface area (Å²) in [6.07, 6.45) is 4.49. The first-order chi connectivity index (χ1) is 16.8. The zero-order valence-corrected chi connectivity index (χ0v) is 22.2. The van der Waals surface area contributed by atoms with Gasteiger partial charge in [-0.1, -0.05) is 43.0 Å². The molecule has 1 aromatic heterocycles. The third-order valence-corrected chi connectivity index (χ3v) is 8.43. The molecule has 7 nitrogen and oxygen atoms in total. The summed E-state index contributed by atoms with van der Waals surface area (Å²) in [5.41, 5.74) is 2.31. The number of esters is 1. The fourth-order valence-corrected chi connectivity index (χ4v) is 6.52. The quantitative estimate of drug-likeness (QED) is 0.310. The van der Waals surface area contributed by atoms with Crippen molar-refractivity contribution in [3.05, 3.63) is 50.7 Å². The van der Waals surface area contributed by atoms with Crippen molar-refractivity contribution in [2.24, 2.45) is 5.92 Å². The van der Waals surface area contributed by atoms with Gasteiger partial charge in [-0.2, -0.15) is 0 Å². The minimum atomic E-state index is -0.397. The smallest absolute Gasteiger partial charge is 0.341 e. The van der Waals surface area contributed by atoms with Crippen molar-refractivity contribution in [2.45, 2.75) is 33.1 Å². The Hall–Kier alpha value is -2.69. The Morgan fingerprint density at radius 3 is 2.69 bits per heavy atom. The molecule has 184 valence electrons. The van der Waals surface area contributed by atoms with Gasteiger partial charge in [-0.05, 0) is 61.4 Å². The summed E-state index contributed by atoms with van der Waals surface area (Å²) in [6.45, 7) is 4.04. The number of nitrogens with zero attached hydrogens (tertiary/aromatic N) is 1. The van der Waals surface area contributed by atoms with Gasteiger partial charge in [0.15, 0.2) is 6.61 Å². The molecule has 35 heavy (non-hydrogen) atoms. The highest BCUT2D eigenvalue weighted by molar-refractivity contribution is 8.26. The summed E-state index contributed by atoms with van der Waals surface area (Å²) in [5, 5.41) is 3.38. The first-order valence-corrected chi connectivity index (χ1v) is 13.4. The van der Waals surface area contributed by atoms with E-state index in [1.165, 1.54) is 28.0 Å². The molecule has 2 aliphatic rings. The summed E-state index contributed by atoms with van der Waals surface area (Å²) < 4.78 is 11.4. The number of anilines is 1. The number of fused-ring (bicyclic) bond motifs is 1. The highest BCUT2D eigenvalue weighted by atomic mass is 32.2. The minimum absolute atomic E-state index is 0.121. The number of thiophene rings is 1. The van der Waals surface area contributed by atoms with Crippen molar-refractivity contribution in [1.29, 1.82) is 0 Å². The van der Waals surface area contributed by atoms with E-state index in [0.29, 0.717) is 31.5 Å². The number of amides is 2. The molecule has 1 aromatic carbocycles. The molecule has 2 aromatic rings. The van der Waals surface area contributed by atoms with Gasteiger partial charge in [0.05, 0.1) is 17.1 Å². The van der Waals surface area contributed by atoms with Crippen LogP contribution in [0.15, 0.2) is 29.2 Å². The molecular formula is C25H26N2O5S3. The average molecular weight is 531 g/mol. The SMILES string of the molecule is CCOC(=O)c1c(NC(=O)COc2ccc(/C=C3\SC(=S)N(C)C3=O)cc2)sc2c1CCC(C)C2. The van der Waals surface area contributed by atoms with Crippen LogP contribution < -0.4 is 10.1 Å². The molecule has 1 aliphatic carbocycles. The van der Waals surface area contributed by atoms with Crippen molar-refractivity contribution in [2.75, 3.05) is 25.6 Å². The normalized spacial score (nSPS) is 18.5. The van der Waals surface area contributed by atoms with Gasteiger partial charge in [0.1, 0.15) is 15.1 Å². The number of carbonyl (C=O) groups is 3. The van der Waals surface area contributed by atoms with Gasteiger partial charge in [-0.3, -0.25) is 14.5 Å². The number of ether oxygens (including phenoxy) is 2. The van der Waals surface area contributed by atoms with E-state index in [0.717, 1.165) is 35.3 Å². The van der Waals surface area contributed by atoms with Crippen molar-refractivity contribution < 1.29 is 23.9 Å². The predicted molar refractivity (Wildman–Crippen MR) is 143 cm³/mol. The van der Waals surface area contributed by atoms with Gasteiger partial charge >= 0.3 is 5.97 Å². The van der Waals surface area contributed by atoms with Gasteiger partial charge < -0.3 is 14.8 Å². The summed E-state index contributed by atoms with van der Waals surface area (Å²) in [7, 11) is 1.65. The van der Waals surface area contributed by atoms with Crippen LogP contribution in [-0.2, 0) is 27.2 Å². The molecule has 1 unspecified atom stereocenters. The van der Waals surface area contributed by atoms with E-state index in [-0.39, 0.29) is 25.0 Å². The average Bonchev–Trinajstić information content (AvgIpc) is 3.29. The minimum Gasteiger partial charge on any atom is -0.484 e. The van der Waals surface area contributed by atoms with Crippen LogP contribution in [0.1, 0.15) is 46.6 Å². The number of thioether (sulfide) groups is 1. The molecule has 10 heteroatoms. The van der Waals surface area contributed by atoms with Crippen LogP contribution in [-0.4, -0.2) is 47.3 Å². The lowest BCUT2D eigenvalue weighted by molar-refractivity contribution is -0.121. The number of nitrogens with one attached hydrogen (secondary N) is 1. The third kappa shape index (κ3) is 5.76. The van der Waals surface area contributed by atoms with Crippen molar-refractivity contribution in [3.63, 3.8) is 0 Å². The monoisotopic (exact) mass is 530 g/mol. The van der Waals surface area contributed by atoms with Gasteiger partial charge in [0, 0.05) is 11.9 Å². The van der Waals surface area contributed by atoms with E-state index in [9.17, 15) is 14.4 Å². The van der Waals surface area contributed by atoms with Gasteiger partial charge in [-0.25, -0.2) is 4.79 Å². The van der Waals surface area contributed by atoms with Crippen LogP contribution >= 0.6 is 35.3 Å². The van der Waals surface area contributed by atoms with E-state index in [1.807, 2.05) is 12.1 Å². The van der Waals surface area contributed by atoms with Gasteiger partial charge in [-0.15, -0.1) is 11.3 Å². The highest BCUT2D eigenvalue weighted by Gasteiger charge is 2.30. The van der Waals surface area contributed by atoms with Crippen LogP contribution in [0.2, 0.25) is 0 Å². The molecule has 0 spiro atoms. The zero-order valence-electron chi connectivity index (χ0n) is 19.7. The number of rotatable bonds is 7. The molecule has 1 N–H and O–H groups in total. The maximum absolute atomic E-state index is 12.6. The van der Waals surface area contributed by atoms with Crippen LogP contribution in [0.5, 0.6) is 5.75 Å². The summed E-state index contributed by atoms with van der Waals surface area (Å²) >= 11 is 7.86. The highest BCUT2D eigenvalue weighted by Crippen LogP contribution is 2.40. The second kappa shape index (κ2) is 10.9. The number of likely N-dealkylation sites (N-methyl/N-ethyl adjacent to an activating group) is 1. The second-order valence-electron chi connectivity index (χ2n) is 8.42. The van der Waals surface area contributed by atoms with Gasteiger partial charge in [0.2, 0.25) is 0 Å². The van der Waals surface area contributed by atoms with E-state index in [1.54, 1.807) is 32.2 Å². The molecule has 0 saturated carbocycles. The van der Waals surface area contributed by atoms with E-state index in [2.05, 4.69) is 12.2 Å². The molecule has 1 fully saturated rings. The lowest BCUT2D eigenvalue weighted by Gasteiger charge is -2.18. The fourth-order valence-electron chi connectivity index (χ4n) is 3.93. The summed E-state index contributed by atoms with van der Waals surface area (Å²) in [4.78, 5) is 40.6.